The molecule has 0 aliphatic rings. The SMILES string of the molecule is O=C(N/N=C\c1ccc(Cl)cc1Cl)C(=O)Nc1ccc(Br)cc1. The van der Waals surface area contributed by atoms with Gasteiger partial charge < -0.3 is 5.32 Å². The Morgan fingerprint density at radius 1 is 1.04 bits per heavy atom. The molecule has 2 aromatic rings. The number of nitrogens with zero attached hydrogens (tertiary/aromatic N) is 1. The third-order valence-corrected chi connectivity index (χ3v) is 3.73. The highest BCUT2D eigenvalue weighted by atomic mass is 79.9. The second kappa shape index (κ2) is 8.10. The molecular weight excluding hydrogens is 405 g/mol. The van der Waals surface area contributed by atoms with Gasteiger partial charge in [-0.15, -0.1) is 0 Å². The first-order valence-corrected chi connectivity index (χ1v) is 7.85. The molecule has 0 aromatic heterocycles. The molecule has 5 nitrogen and oxygen atoms in total. The van der Waals surface area contributed by atoms with Crippen LogP contribution >= 0.6 is 39.1 Å². The predicted octanol–water partition coefficient (Wildman–Crippen LogP) is 3.84. The lowest BCUT2D eigenvalue weighted by Gasteiger charge is -2.04. The van der Waals surface area contributed by atoms with Crippen LogP contribution in [0, 0.1) is 0 Å². The lowest BCUT2D eigenvalue weighted by molar-refractivity contribution is -0.136. The number of halogens is 3. The summed E-state index contributed by atoms with van der Waals surface area (Å²) in [5, 5.41) is 7.01. The second-order valence-electron chi connectivity index (χ2n) is 4.33. The van der Waals surface area contributed by atoms with Crippen molar-refractivity contribution in [2.75, 3.05) is 5.32 Å². The molecule has 2 N–H and O–H groups in total. The van der Waals surface area contributed by atoms with Gasteiger partial charge >= 0.3 is 11.8 Å². The van der Waals surface area contributed by atoms with Crippen LogP contribution in [-0.2, 0) is 9.59 Å². The fraction of sp³-hybridized carbons (Fsp3) is 0. The highest BCUT2D eigenvalue weighted by molar-refractivity contribution is 9.10. The minimum atomic E-state index is -0.894. The van der Waals surface area contributed by atoms with Crippen LogP contribution < -0.4 is 10.7 Å². The molecule has 0 unspecified atom stereocenters. The summed E-state index contributed by atoms with van der Waals surface area (Å²) in [6.45, 7) is 0. The van der Waals surface area contributed by atoms with Crippen LogP contribution in [-0.4, -0.2) is 18.0 Å². The maximum atomic E-state index is 11.7. The van der Waals surface area contributed by atoms with Crippen LogP contribution in [0.2, 0.25) is 10.0 Å². The van der Waals surface area contributed by atoms with Crippen molar-refractivity contribution in [1.29, 1.82) is 0 Å². The number of amides is 2. The summed E-state index contributed by atoms with van der Waals surface area (Å²) in [4.78, 5) is 23.3. The van der Waals surface area contributed by atoms with Gasteiger partial charge in [0, 0.05) is 20.7 Å². The first kappa shape index (κ1) is 17.5. The number of rotatable bonds is 3. The van der Waals surface area contributed by atoms with Crippen molar-refractivity contribution in [2.45, 2.75) is 0 Å². The van der Waals surface area contributed by atoms with E-state index in [1.807, 2.05) is 0 Å². The van der Waals surface area contributed by atoms with Gasteiger partial charge in [-0.3, -0.25) is 9.59 Å². The van der Waals surface area contributed by atoms with Crippen molar-refractivity contribution in [2.24, 2.45) is 5.10 Å². The quantitative estimate of drug-likeness (QED) is 0.455. The van der Waals surface area contributed by atoms with Crippen LogP contribution in [0.4, 0.5) is 5.69 Å². The molecule has 23 heavy (non-hydrogen) atoms. The van der Waals surface area contributed by atoms with E-state index in [0.29, 0.717) is 21.3 Å². The van der Waals surface area contributed by atoms with Crippen molar-refractivity contribution in [3.05, 3.63) is 62.5 Å². The van der Waals surface area contributed by atoms with E-state index in [0.717, 1.165) is 4.47 Å². The number of hydrazone groups is 1. The molecule has 0 aliphatic carbocycles. The van der Waals surface area contributed by atoms with Crippen LogP contribution in [0.5, 0.6) is 0 Å². The molecule has 0 aliphatic heterocycles. The Bertz CT molecular complexity index is 764. The molecule has 0 saturated carbocycles. The third-order valence-electron chi connectivity index (χ3n) is 2.64. The van der Waals surface area contributed by atoms with Crippen molar-refractivity contribution in [3.63, 3.8) is 0 Å². The summed E-state index contributed by atoms with van der Waals surface area (Å²) in [7, 11) is 0. The van der Waals surface area contributed by atoms with Crippen molar-refractivity contribution in [1.82, 2.24) is 5.43 Å². The summed E-state index contributed by atoms with van der Waals surface area (Å²) in [5.74, 6) is -1.72. The average molecular weight is 415 g/mol. The van der Waals surface area contributed by atoms with E-state index in [9.17, 15) is 9.59 Å². The number of benzene rings is 2. The molecule has 0 spiro atoms. The smallest absolute Gasteiger partial charge is 0.318 e. The topological polar surface area (TPSA) is 70.6 Å². The van der Waals surface area contributed by atoms with E-state index in [2.05, 4.69) is 31.8 Å². The average Bonchev–Trinajstić information content (AvgIpc) is 2.51. The standard InChI is InChI=1S/C15H10BrCl2N3O2/c16-10-2-5-12(6-3-10)20-14(22)15(23)21-19-8-9-1-4-11(17)7-13(9)18/h1-8H,(H,20,22)(H,21,23)/b19-8-. The van der Waals surface area contributed by atoms with E-state index < -0.39 is 11.8 Å². The summed E-state index contributed by atoms with van der Waals surface area (Å²) in [6, 6.07) is 11.6. The summed E-state index contributed by atoms with van der Waals surface area (Å²) < 4.78 is 0.865. The van der Waals surface area contributed by atoms with Crippen molar-refractivity contribution < 1.29 is 9.59 Å². The lowest BCUT2D eigenvalue weighted by Crippen LogP contribution is -2.32. The number of hydrogen-bond donors (Lipinski definition) is 2. The van der Waals surface area contributed by atoms with Gasteiger partial charge in [0.1, 0.15) is 0 Å². The largest absolute Gasteiger partial charge is 0.329 e. The highest BCUT2D eigenvalue weighted by Gasteiger charge is 2.12. The number of carbonyl (C=O) groups is 2. The number of carbonyl (C=O) groups excluding carboxylic acids is 2. The van der Waals surface area contributed by atoms with Crippen LogP contribution in [0.1, 0.15) is 5.56 Å². The molecule has 2 amide bonds. The van der Waals surface area contributed by atoms with E-state index in [1.165, 1.54) is 6.21 Å². The molecular formula is C15H10BrCl2N3O2. The minimum absolute atomic E-state index is 0.384. The van der Waals surface area contributed by atoms with Crippen molar-refractivity contribution >= 4 is 62.8 Å². The summed E-state index contributed by atoms with van der Waals surface area (Å²) >= 11 is 15.0. The molecule has 0 saturated heterocycles. The van der Waals surface area contributed by atoms with E-state index in [4.69, 9.17) is 23.2 Å². The molecule has 2 rings (SSSR count). The minimum Gasteiger partial charge on any atom is -0.318 e. The van der Waals surface area contributed by atoms with Gasteiger partial charge in [0.25, 0.3) is 0 Å². The number of hydrogen-bond acceptors (Lipinski definition) is 3. The zero-order valence-corrected chi connectivity index (χ0v) is 14.6. The van der Waals surface area contributed by atoms with E-state index in [-0.39, 0.29) is 0 Å². The summed E-state index contributed by atoms with van der Waals surface area (Å²) in [6.07, 6.45) is 1.32. The lowest BCUT2D eigenvalue weighted by atomic mass is 10.2. The Morgan fingerprint density at radius 2 is 1.74 bits per heavy atom. The van der Waals surface area contributed by atoms with Gasteiger partial charge in [0.2, 0.25) is 0 Å². The van der Waals surface area contributed by atoms with Gasteiger partial charge in [-0.2, -0.15) is 5.10 Å². The first-order chi connectivity index (χ1) is 11.0. The molecule has 0 heterocycles. The number of anilines is 1. The zero-order valence-electron chi connectivity index (χ0n) is 11.5. The van der Waals surface area contributed by atoms with Crippen LogP contribution in [0.3, 0.4) is 0 Å². The van der Waals surface area contributed by atoms with Gasteiger partial charge in [0.05, 0.1) is 11.2 Å². The maximum absolute atomic E-state index is 11.7. The Labute approximate surface area is 150 Å². The number of nitrogens with one attached hydrogen (secondary N) is 2. The zero-order chi connectivity index (χ0) is 16.8. The molecule has 118 valence electrons. The molecule has 0 atom stereocenters. The summed E-state index contributed by atoms with van der Waals surface area (Å²) in [5.41, 5.74) is 3.18. The Kier molecular flexibility index (Phi) is 6.15. The maximum Gasteiger partial charge on any atom is 0.329 e. The molecule has 8 heteroatoms. The Balaban J connectivity index is 1.92. The monoisotopic (exact) mass is 413 g/mol. The Hall–Kier alpha value is -1.89. The second-order valence-corrected chi connectivity index (χ2v) is 6.09. The predicted molar refractivity (Wildman–Crippen MR) is 95.0 cm³/mol. The molecule has 0 fully saturated rings. The molecule has 2 aromatic carbocycles. The van der Waals surface area contributed by atoms with Gasteiger partial charge in [-0.25, -0.2) is 5.43 Å². The van der Waals surface area contributed by atoms with Gasteiger partial charge in [-0.05, 0) is 36.4 Å². The third kappa shape index (κ3) is 5.35. The van der Waals surface area contributed by atoms with E-state index >= 15 is 0 Å². The highest BCUT2D eigenvalue weighted by Crippen LogP contribution is 2.19. The fourth-order valence-electron chi connectivity index (χ4n) is 1.54. The first-order valence-electron chi connectivity index (χ1n) is 6.31. The van der Waals surface area contributed by atoms with Gasteiger partial charge in [-0.1, -0.05) is 45.2 Å². The fourth-order valence-corrected chi connectivity index (χ4v) is 2.26. The van der Waals surface area contributed by atoms with Crippen LogP contribution in [0.25, 0.3) is 0 Å². The van der Waals surface area contributed by atoms with Gasteiger partial charge in [0.15, 0.2) is 0 Å². The van der Waals surface area contributed by atoms with Crippen LogP contribution in [0.15, 0.2) is 52.0 Å². The normalized spacial score (nSPS) is 10.6. The Morgan fingerprint density at radius 3 is 2.39 bits per heavy atom. The molecule has 0 bridgehead atoms. The van der Waals surface area contributed by atoms with Crippen molar-refractivity contribution in [3.8, 4) is 0 Å². The molecule has 0 radical (unpaired) electrons. The van der Waals surface area contributed by atoms with E-state index in [1.54, 1.807) is 42.5 Å².